The molecule has 0 saturated carbocycles. The van der Waals surface area contributed by atoms with Gasteiger partial charge in [-0.1, -0.05) is 25.4 Å². The molecule has 4 heteroatoms. The summed E-state index contributed by atoms with van der Waals surface area (Å²) in [6.45, 7) is 11.5. The maximum Gasteiger partial charge on any atom is 0.124 e. The first-order valence-electron chi connectivity index (χ1n) is 7.54. The Kier molecular flexibility index (Phi) is 5.70. The number of hydrogen-bond acceptors (Lipinski definition) is 3. The molecule has 1 atom stereocenters. The molecule has 0 amide bonds. The van der Waals surface area contributed by atoms with Crippen LogP contribution in [0.1, 0.15) is 37.4 Å². The van der Waals surface area contributed by atoms with Crippen LogP contribution in [0.25, 0.3) is 0 Å². The predicted molar refractivity (Wildman–Crippen MR) is 84.8 cm³/mol. The third kappa shape index (κ3) is 3.66. The van der Waals surface area contributed by atoms with E-state index in [0.29, 0.717) is 6.04 Å². The fourth-order valence-electron chi connectivity index (χ4n) is 2.66. The van der Waals surface area contributed by atoms with Gasteiger partial charge in [-0.25, -0.2) is 0 Å². The van der Waals surface area contributed by atoms with E-state index in [1.807, 2.05) is 6.92 Å². The Balaban J connectivity index is 2.00. The second kappa shape index (κ2) is 7.30. The normalized spacial score (nSPS) is 17.9. The van der Waals surface area contributed by atoms with Crippen molar-refractivity contribution < 1.29 is 4.74 Å². The van der Waals surface area contributed by atoms with Gasteiger partial charge in [0.1, 0.15) is 5.75 Å². The highest BCUT2D eigenvalue weighted by Crippen LogP contribution is 2.35. The van der Waals surface area contributed by atoms with Crippen molar-refractivity contribution in [3.05, 3.63) is 28.3 Å². The average molecular weight is 297 g/mol. The van der Waals surface area contributed by atoms with Crippen molar-refractivity contribution in [3.8, 4) is 5.75 Å². The number of fused-ring (bicyclic) bond motifs is 1. The summed E-state index contributed by atoms with van der Waals surface area (Å²) in [6, 6.07) is 4.46. The second-order valence-corrected chi connectivity index (χ2v) is 5.72. The molecule has 1 N–H and O–H groups in total. The highest BCUT2D eigenvalue weighted by atomic mass is 35.5. The molecule has 3 nitrogen and oxygen atoms in total. The Morgan fingerprint density at radius 1 is 1.35 bits per heavy atom. The fraction of sp³-hybridized carbons (Fsp3) is 0.625. The number of hydrogen-bond donors (Lipinski definition) is 1. The summed E-state index contributed by atoms with van der Waals surface area (Å²) in [7, 11) is 0. The molecule has 0 aliphatic carbocycles. The average Bonchev–Trinajstić information content (AvgIpc) is 2.45. The van der Waals surface area contributed by atoms with E-state index in [9.17, 15) is 0 Å². The van der Waals surface area contributed by atoms with Crippen LogP contribution >= 0.6 is 11.6 Å². The van der Waals surface area contributed by atoms with Crippen LogP contribution in [0.2, 0.25) is 5.02 Å². The van der Waals surface area contributed by atoms with E-state index in [-0.39, 0.29) is 0 Å². The Hall–Kier alpha value is -0.770. The summed E-state index contributed by atoms with van der Waals surface area (Å²) in [5.41, 5.74) is 2.28. The number of ether oxygens (including phenoxy) is 1. The molecule has 1 aromatic carbocycles. The minimum absolute atomic E-state index is 0.354. The first-order chi connectivity index (χ1) is 9.65. The van der Waals surface area contributed by atoms with Gasteiger partial charge in [-0.2, -0.15) is 0 Å². The summed E-state index contributed by atoms with van der Waals surface area (Å²) in [5.74, 6) is 0.985. The van der Waals surface area contributed by atoms with Crippen molar-refractivity contribution in [3.63, 3.8) is 0 Å². The van der Waals surface area contributed by atoms with Crippen molar-refractivity contribution in [2.24, 2.45) is 0 Å². The number of aryl methyl sites for hydroxylation is 1. The Morgan fingerprint density at radius 3 is 2.80 bits per heavy atom. The number of rotatable bonds is 6. The Morgan fingerprint density at radius 2 is 2.10 bits per heavy atom. The van der Waals surface area contributed by atoms with E-state index in [2.05, 4.69) is 36.2 Å². The van der Waals surface area contributed by atoms with E-state index >= 15 is 0 Å². The minimum atomic E-state index is 0.354. The first kappa shape index (κ1) is 15.6. The van der Waals surface area contributed by atoms with E-state index in [1.54, 1.807) is 0 Å². The van der Waals surface area contributed by atoms with Crippen LogP contribution in [0, 0.1) is 6.92 Å². The van der Waals surface area contributed by atoms with Crippen molar-refractivity contribution in [1.82, 2.24) is 10.2 Å². The maximum absolute atomic E-state index is 6.25. The van der Waals surface area contributed by atoms with Gasteiger partial charge in [-0.15, -0.1) is 0 Å². The molecule has 1 unspecified atom stereocenters. The van der Waals surface area contributed by atoms with Crippen molar-refractivity contribution >= 4 is 11.6 Å². The van der Waals surface area contributed by atoms with E-state index in [0.717, 1.165) is 55.5 Å². The lowest BCUT2D eigenvalue weighted by Gasteiger charge is -2.28. The monoisotopic (exact) mass is 296 g/mol. The van der Waals surface area contributed by atoms with Gasteiger partial charge in [0.15, 0.2) is 0 Å². The zero-order valence-corrected chi connectivity index (χ0v) is 13.5. The van der Waals surface area contributed by atoms with Crippen LogP contribution < -0.4 is 10.1 Å². The van der Waals surface area contributed by atoms with Gasteiger partial charge in [0.2, 0.25) is 0 Å². The highest BCUT2D eigenvalue weighted by Gasteiger charge is 2.22. The molecule has 1 aliphatic heterocycles. The minimum Gasteiger partial charge on any atom is -0.493 e. The fourth-order valence-corrected chi connectivity index (χ4v) is 2.83. The molecule has 2 rings (SSSR count). The Labute approximate surface area is 127 Å². The summed E-state index contributed by atoms with van der Waals surface area (Å²) in [4.78, 5) is 2.43. The summed E-state index contributed by atoms with van der Waals surface area (Å²) in [5, 5.41) is 4.47. The lowest BCUT2D eigenvalue weighted by Crippen LogP contribution is -2.35. The molecular formula is C16H25ClN2O. The zero-order chi connectivity index (χ0) is 14.5. The van der Waals surface area contributed by atoms with Crippen molar-refractivity contribution in [1.29, 1.82) is 0 Å². The van der Waals surface area contributed by atoms with Crippen LogP contribution in [0.15, 0.2) is 12.1 Å². The molecule has 1 heterocycles. The molecular weight excluding hydrogens is 272 g/mol. The third-order valence-electron chi connectivity index (χ3n) is 4.04. The van der Waals surface area contributed by atoms with Gasteiger partial charge in [-0.3, -0.25) is 0 Å². The molecule has 112 valence electrons. The molecule has 0 fully saturated rings. The molecule has 0 spiro atoms. The van der Waals surface area contributed by atoms with Gasteiger partial charge >= 0.3 is 0 Å². The largest absolute Gasteiger partial charge is 0.493 e. The molecule has 1 aliphatic rings. The predicted octanol–water partition coefficient (Wildman–Crippen LogP) is 3.40. The van der Waals surface area contributed by atoms with E-state index in [4.69, 9.17) is 16.3 Å². The van der Waals surface area contributed by atoms with E-state index < -0.39 is 0 Å². The molecule has 0 bridgehead atoms. The number of halogens is 1. The highest BCUT2D eigenvalue weighted by molar-refractivity contribution is 6.31. The number of likely N-dealkylation sites (N-methyl/N-ethyl adjacent to an activating group) is 1. The van der Waals surface area contributed by atoms with Gasteiger partial charge in [0.05, 0.1) is 6.61 Å². The van der Waals surface area contributed by atoms with Crippen LogP contribution in [0.3, 0.4) is 0 Å². The SMILES string of the molecule is CCN(CC)CCNC1CCOc2cc(C)c(Cl)cc21. The lowest BCUT2D eigenvalue weighted by atomic mass is 9.99. The lowest BCUT2D eigenvalue weighted by molar-refractivity contribution is 0.243. The van der Waals surface area contributed by atoms with Gasteiger partial charge in [-0.05, 0) is 37.7 Å². The Bertz CT molecular complexity index is 446. The van der Waals surface area contributed by atoms with Gasteiger partial charge in [0, 0.05) is 36.1 Å². The molecule has 0 radical (unpaired) electrons. The zero-order valence-electron chi connectivity index (χ0n) is 12.7. The molecule has 20 heavy (non-hydrogen) atoms. The molecule has 0 aromatic heterocycles. The first-order valence-corrected chi connectivity index (χ1v) is 7.92. The molecule has 1 aromatic rings. The second-order valence-electron chi connectivity index (χ2n) is 5.31. The van der Waals surface area contributed by atoms with Crippen molar-refractivity contribution in [2.75, 3.05) is 32.8 Å². The maximum atomic E-state index is 6.25. The van der Waals surface area contributed by atoms with Crippen LogP contribution in [0.5, 0.6) is 5.75 Å². The topological polar surface area (TPSA) is 24.5 Å². The van der Waals surface area contributed by atoms with Crippen LogP contribution in [0.4, 0.5) is 0 Å². The summed E-state index contributed by atoms with van der Waals surface area (Å²) in [6.07, 6.45) is 1.00. The number of nitrogens with one attached hydrogen (secondary N) is 1. The number of benzene rings is 1. The van der Waals surface area contributed by atoms with Gasteiger partial charge in [0.25, 0.3) is 0 Å². The molecule has 0 saturated heterocycles. The number of nitrogens with zero attached hydrogens (tertiary/aromatic N) is 1. The van der Waals surface area contributed by atoms with Crippen LogP contribution in [-0.2, 0) is 0 Å². The van der Waals surface area contributed by atoms with Crippen molar-refractivity contribution in [2.45, 2.75) is 33.2 Å². The summed E-state index contributed by atoms with van der Waals surface area (Å²) >= 11 is 6.25. The summed E-state index contributed by atoms with van der Waals surface area (Å²) < 4.78 is 5.75. The smallest absolute Gasteiger partial charge is 0.124 e. The third-order valence-corrected chi connectivity index (χ3v) is 4.45. The standard InChI is InChI=1S/C16H25ClN2O/c1-4-19(5-2)8-7-18-15-6-9-20-16-10-12(3)14(17)11-13(15)16/h10-11,15,18H,4-9H2,1-3H3. The van der Waals surface area contributed by atoms with Crippen LogP contribution in [-0.4, -0.2) is 37.7 Å². The van der Waals surface area contributed by atoms with E-state index in [1.165, 1.54) is 5.56 Å². The van der Waals surface area contributed by atoms with Gasteiger partial charge < -0.3 is 15.0 Å². The quantitative estimate of drug-likeness (QED) is 0.871.